The summed E-state index contributed by atoms with van der Waals surface area (Å²) in [5.41, 5.74) is 0. The normalized spacial score (nSPS) is 13.3. The highest BCUT2D eigenvalue weighted by Crippen LogP contribution is 2.08. The van der Waals surface area contributed by atoms with Crippen molar-refractivity contribution in [3.63, 3.8) is 0 Å². The molecule has 0 aliphatic carbocycles. The van der Waals surface area contributed by atoms with Gasteiger partial charge in [-0.25, -0.2) is 4.79 Å². The number of aliphatic hydroxyl groups excluding tert-OH is 1. The third kappa shape index (κ3) is 6.43. The lowest BCUT2D eigenvalue weighted by molar-refractivity contribution is 0.200. The van der Waals surface area contributed by atoms with Crippen LogP contribution in [0.25, 0.3) is 0 Å². The maximum absolute atomic E-state index is 11.6. The SMILES string of the molecule is CC(CO)C(C)NC(=O)NCCCOc1ccccc1. The monoisotopic (exact) mass is 280 g/mol. The Morgan fingerprint density at radius 1 is 1.30 bits per heavy atom. The van der Waals surface area contributed by atoms with E-state index in [1.165, 1.54) is 0 Å². The molecular weight excluding hydrogens is 256 g/mol. The van der Waals surface area contributed by atoms with Crippen molar-refractivity contribution in [3.8, 4) is 5.75 Å². The second-order valence-corrected chi connectivity index (χ2v) is 4.86. The van der Waals surface area contributed by atoms with Crippen molar-refractivity contribution in [1.29, 1.82) is 0 Å². The summed E-state index contributed by atoms with van der Waals surface area (Å²) in [6.07, 6.45) is 0.742. The highest BCUT2D eigenvalue weighted by molar-refractivity contribution is 5.74. The molecule has 2 amide bonds. The second kappa shape index (κ2) is 9.20. The molecule has 0 aliphatic heterocycles. The topological polar surface area (TPSA) is 70.6 Å². The molecule has 0 saturated heterocycles. The molecule has 0 heterocycles. The molecule has 0 aliphatic rings. The Morgan fingerprint density at radius 2 is 2.00 bits per heavy atom. The van der Waals surface area contributed by atoms with Gasteiger partial charge in [0.15, 0.2) is 0 Å². The van der Waals surface area contributed by atoms with Crippen LogP contribution in [0.1, 0.15) is 20.3 Å². The van der Waals surface area contributed by atoms with Gasteiger partial charge >= 0.3 is 6.03 Å². The van der Waals surface area contributed by atoms with Crippen molar-refractivity contribution in [2.75, 3.05) is 19.8 Å². The average molecular weight is 280 g/mol. The molecule has 0 radical (unpaired) electrons. The predicted molar refractivity (Wildman–Crippen MR) is 78.8 cm³/mol. The number of aliphatic hydroxyl groups is 1. The maximum Gasteiger partial charge on any atom is 0.315 e. The third-order valence-corrected chi connectivity index (χ3v) is 3.12. The lowest BCUT2D eigenvalue weighted by Crippen LogP contribution is -2.44. The standard InChI is InChI=1S/C15H24N2O3/c1-12(11-18)13(2)17-15(19)16-9-6-10-20-14-7-4-3-5-8-14/h3-5,7-8,12-13,18H,6,9-11H2,1-2H3,(H2,16,17,19). The Labute approximate surface area is 120 Å². The molecule has 1 aromatic rings. The zero-order valence-corrected chi connectivity index (χ0v) is 12.1. The molecule has 0 fully saturated rings. The van der Waals surface area contributed by atoms with Gasteiger partial charge < -0.3 is 20.5 Å². The van der Waals surface area contributed by atoms with Gasteiger partial charge in [-0.3, -0.25) is 0 Å². The zero-order chi connectivity index (χ0) is 14.8. The molecule has 0 spiro atoms. The van der Waals surface area contributed by atoms with Gasteiger partial charge in [-0.1, -0.05) is 25.1 Å². The summed E-state index contributed by atoms with van der Waals surface area (Å²) in [7, 11) is 0. The molecule has 2 atom stereocenters. The van der Waals surface area contributed by atoms with E-state index in [1.54, 1.807) is 0 Å². The van der Waals surface area contributed by atoms with E-state index < -0.39 is 0 Å². The Bertz CT molecular complexity index is 384. The number of hydrogen-bond acceptors (Lipinski definition) is 3. The first kappa shape index (κ1) is 16.3. The summed E-state index contributed by atoms with van der Waals surface area (Å²) in [4.78, 5) is 11.6. The van der Waals surface area contributed by atoms with Crippen molar-refractivity contribution >= 4 is 6.03 Å². The van der Waals surface area contributed by atoms with Crippen molar-refractivity contribution < 1.29 is 14.6 Å². The minimum atomic E-state index is -0.211. The van der Waals surface area contributed by atoms with Gasteiger partial charge in [0.05, 0.1) is 6.61 Å². The molecule has 2 unspecified atom stereocenters. The van der Waals surface area contributed by atoms with E-state index in [0.717, 1.165) is 12.2 Å². The quantitative estimate of drug-likeness (QED) is 0.636. The Hall–Kier alpha value is -1.75. The molecule has 1 aromatic carbocycles. The van der Waals surface area contributed by atoms with Crippen LogP contribution in [0.2, 0.25) is 0 Å². The summed E-state index contributed by atoms with van der Waals surface area (Å²) in [5.74, 6) is 0.879. The summed E-state index contributed by atoms with van der Waals surface area (Å²) in [6, 6.07) is 9.32. The third-order valence-electron chi connectivity index (χ3n) is 3.12. The van der Waals surface area contributed by atoms with Gasteiger partial charge in [0.2, 0.25) is 0 Å². The van der Waals surface area contributed by atoms with E-state index >= 15 is 0 Å². The fourth-order valence-electron chi connectivity index (χ4n) is 1.54. The number of hydrogen-bond donors (Lipinski definition) is 3. The minimum absolute atomic E-state index is 0.0437. The smallest absolute Gasteiger partial charge is 0.315 e. The minimum Gasteiger partial charge on any atom is -0.494 e. The van der Waals surface area contributed by atoms with Gasteiger partial charge in [0, 0.05) is 19.2 Å². The molecule has 3 N–H and O–H groups in total. The first-order chi connectivity index (χ1) is 9.63. The fourth-order valence-corrected chi connectivity index (χ4v) is 1.54. The molecule has 20 heavy (non-hydrogen) atoms. The molecule has 5 heteroatoms. The first-order valence-electron chi connectivity index (χ1n) is 6.96. The van der Waals surface area contributed by atoms with Gasteiger partial charge in [-0.05, 0) is 31.4 Å². The molecule has 0 bridgehead atoms. The fraction of sp³-hybridized carbons (Fsp3) is 0.533. The largest absolute Gasteiger partial charge is 0.494 e. The number of carbonyl (C=O) groups excluding carboxylic acids is 1. The van der Waals surface area contributed by atoms with E-state index in [9.17, 15) is 4.79 Å². The van der Waals surface area contributed by atoms with E-state index in [2.05, 4.69) is 10.6 Å². The Kier molecular flexibility index (Phi) is 7.50. The molecule has 0 aromatic heterocycles. The van der Waals surface area contributed by atoms with E-state index in [-0.39, 0.29) is 24.6 Å². The summed E-state index contributed by atoms with van der Waals surface area (Å²) in [5, 5.41) is 14.5. The number of carbonyl (C=O) groups is 1. The molecule has 1 rings (SSSR count). The van der Waals surface area contributed by atoms with Gasteiger partial charge in [0.1, 0.15) is 5.75 Å². The van der Waals surface area contributed by atoms with Gasteiger partial charge in [-0.2, -0.15) is 0 Å². The van der Waals surface area contributed by atoms with E-state index in [1.807, 2.05) is 44.2 Å². The molecule has 112 valence electrons. The second-order valence-electron chi connectivity index (χ2n) is 4.86. The highest BCUT2D eigenvalue weighted by Gasteiger charge is 2.13. The number of ether oxygens (including phenoxy) is 1. The van der Waals surface area contributed by atoms with Gasteiger partial charge in [-0.15, -0.1) is 0 Å². The maximum atomic E-state index is 11.6. The van der Waals surface area contributed by atoms with Crippen LogP contribution in [-0.2, 0) is 0 Å². The van der Waals surface area contributed by atoms with Gasteiger partial charge in [0.25, 0.3) is 0 Å². The summed E-state index contributed by atoms with van der Waals surface area (Å²) >= 11 is 0. The zero-order valence-electron chi connectivity index (χ0n) is 12.1. The van der Waals surface area contributed by atoms with Crippen molar-refractivity contribution in [3.05, 3.63) is 30.3 Å². The molecule has 5 nitrogen and oxygen atoms in total. The lowest BCUT2D eigenvalue weighted by Gasteiger charge is -2.19. The molecular formula is C15H24N2O3. The van der Waals surface area contributed by atoms with Crippen molar-refractivity contribution in [2.45, 2.75) is 26.3 Å². The number of amides is 2. The van der Waals surface area contributed by atoms with E-state index in [0.29, 0.717) is 13.2 Å². The Morgan fingerprint density at radius 3 is 2.65 bits per heavy atom. The number of urea groups is 1. The van der Waals surface area contributed by atoms with Crippen LogP contribution in [0.5, 0.6) is 5.75 Å². The van der Waals surface area contributed by atoms with Crippen LogP contribution in [0.3, 0.4) is 0 Å². The lowest BCUT2D eigenvalue weighted by atomic mass is 10.1. The van der Waals surface area contributed by atoms with Crippen LogP contribution in [0, 0.1) is 5.92 Å². The van der Waals surface area contributed by atoms with Crippen LogP contribution in [0.4, 0.5) is 4.79 Å². The number of rotatable bonds is 8. The Balaban J connectivity index is 2.07. The van der Waals surface area contributed by atoms with Crippen LogP contribution in [0.15, 0.2) is 30.3 Å². The van der Waals surface area contributed by atoms with Crippen molar-refractivity contribution in [2.24, 2.45) is 5.92 Å². The first-order valence-corrected chi connectivity index (χ1v) is 6.96. The average Bonchev–Trinajstić information content (AvgIpc) is 2.47. The highest BCUT2D eigenvalue weighted by atomic mass is 16.5. The van der Waals surface area contributed by atoms with Crippen LogP contribution in [-0.4, -0.2) is 36.9 Å². The summed E-state index contributed by atoms with van der Waals surface area (Å²) < 4.78 is 5.52. The number of nitrogens with one attached hydrogen (secondary N) is 2. The number of para-hydroxylation sites is 1. The number of benzene rings is 1. The predicted octanol–water partition coefficient (Wildman–Crippen LogP) is 1.77. The van der Waals surface area contributed by atoms with Crippen molar-refractivity contribution in [1.82, 2.24) is 10.6 Å². The van der Waals surface area contributed by atoms with Crippen LogP contribution < -0.4 is 15.4 Å². The van der Waals surface area contributed by atoms with Crippen LogP contribution >= 0.6 is 0 Å². The summed E-state index contributed by atoms with van der Waals surface area (Å²) in [6.45, 7) is 4.94. The van der Waals surface area contributed by atoms with E-state index in [4.69, 9.17) is 9.84 Å². The molecule has 0 saturated carbocycles.